The molecule has 1 atom stereocenters. The maximum atomic E-state index is 11.0. The van der Waals surface area contributed by atoms with Gasteiger partial charge in [-0.2, -0.15) is 0 Å². The Morgan fingerprint density at radius 2 is 1.31 bits per heavy atom. The van der Waals surface area contributed by atoms with E-state index in [1.54, 1.807) is 0 Å². The van der Waals surface area contributed by atoms with E-state index in [9.17, 15) is 19.1 Å². The SMILES string of the molecule is CCCCCCCCCCCCCCCCC1CCC(=O)O1.CCOP(=O)([O-])[O-]. The van der Waals surface area contributed by atoms with E-state index in [0.717, 1.165) is 12.8 Å². The smallest absolute Gasteiger partial charge is 0.306 e. The van der Waals surface area contributed by atoms with Gasteiger partial charge in [-0.05, 0) is 26.2 Å². The summed E-state index contributed by atoms with van der Waals surface area (Å²) in [5, 5.41) is 0. The fourth-order valence-corrected chi connectivity index (χ4v) is 3.83. The summed E-state index contributed by atoms with van der Waals surface area (Å²) >= 11 is 0. The number of carbonyl (C=O) groups excluding carboxylic acids is 1. The molecule has 1 aliphatic heterocycles. The summed E-state index contributed by atoms with van der Waals surface area (Å²) in [6.45, 7) is 3.64. The predicted octanol–water partition coefficient (Wildman–Crippen LogP) is 5.42. The molecule has 174 valence electrons. The number of rotatable bonds is 17. The molecule has 1 aliphatic rings. The molecule has 1 unspecified atom stereocenters. The maximum absolute atomic E-state index is 11.0. The molecule has 0 aromatic heterocycles. The Kier molecular flexibility index (Phi) is 19.3. The molecule has 0 aromatic rings. The molecule has 0 aromatic carbocycles. The van der Waals surface area contributed by atoms with E-state index in [1.165, 1.54) is 96.8 Å². The fourth-order valence-electron chi connectivity index (χ4n) is 3.51. The van der Waals surface area contributed by atoms with Crippen LogP contribution in [-0.4, -0.2) is 18.7 Å². The van der Waals surface area contributed by atoms with Crippen LogP contribution in [0, 0.1) is 0 Å². The van der Waals surface area contributed by atoms with Crippen molar-refractivity contribution in [2.75, 3.05) is 6.61 Å². The number of phosphoric ester groups is 1. The average molecular weight is 435 g/mol. The van der Waals surface area contributed by atoms with Crippen molar-refractivity contribution in [2.45, 2.75) is 129 Å². The van der Waals surface area contributed by atoms with Crippen LogP contribution < -0.4 is 9.79 Å². The highest BCUT2D eigenvalue weighted by molar-refractivity contribution is 7.43. The molecule has 29 heavy (non-hydrogen) atoms. The zero-order chi connectivity index (χ0) is 21.8. The standard InChI is InChI=1S/C20H38O2.C2H7O4P/c1-2-3-4-5-6-7-8-9-10-11-12-13-14-15-16-19-17-18-20(21)22-19;1-2-6-7(3,4)5/h19H,2-18H2,1H3;2H2,1H3,(H2,3,4,5)/p-2. The van der Waals surface area contributed by atoms with E-state index >= 15 is 0 Å². The van der Waals surface area contributed by atoms with Crippen molar-refractivity contribution in [3.63, 3.8) is 0 Å². The molecule has 0 spiro atoms. The molecule has 0 bridgehead atoms. The number of esters is 1. The first-order valence-corrected chi connectivity index (χ1v) is 13.2. The molecule has 1 rings (SSSR count). The lowest BCUT2D eigenvalue weighted by atomic mass is 10.0. The molecule has 1 saturated heterocycles. The Bertz CT molecular complexity index is 424. The zero-order valence-corrected chi connectivity index (χ0v) is 19.6. The summed E-state index contributed by atoms with van der Waals surface area (Å²) < 4.78 is 18.4. The molecular formula is C22H43O6P-2. The van der Waals surface area contributed by atoms with E-state index in [1.807, 2.05) is 0 Å². The molecule has 0 N–H and O–H groups in total. The summed E-state index contributed by atoms with van der Waals surface area (Å²) in [4.78, 5) is 29.9. The van der Waals surface area contributed by atoms with Crippen LogP contribution in [0.25, 0.3) is 0 Å². The Balaban J connectivity index is 0.000000956. The van der Waals surface area contributed by atoms with Crippen molar-refractivity contribution < 1.29 is 28.4 Å². The van der Waals surface area contributed by atoms with Gasteiger partial charge in [0, 0.05) is 13.0 Å². The second kappa shape index (κ2) is 19.5. The van der Waals surface area contributed by atoms with E-state index in [4.69, 9.17) is 4.74 Å². The highest BCUT2D eigenvalue weighted by Crippen LogP contribution is 2.23. The van der Waals surface area contributed by atoms with Gasteiger partial charge in [0.25, 0.3) is 0 Å². The van der Waals surface area contributed by atoms with Gasteiger partial charge in [-0.3, -0.25) is 4.79 Å². The van der Waals surface area contributed by atoms with Crippen molar-refractivity contribution in [3.05, 3.63) is 0 Å². The summed E-state index contributed by atoms with van der Waals surface area (Å²) in [5.41, 5.74) is 0. The molecule has 1 fully saturated rings. The molecule has 0 amide bonds. The number of cyclic esters (lactones) is 1. The van der Waals surface area contributed by atoms with Gasteiger partial charge < -0.3 is 23.6 Å². The van der Waals surface area contributed by atoms with Gasteiger partial charge in [-0.15, -0.1) is 0 Å². The molecule has 7 heteroatoms. The number of hydrogen-bond donors (Lipinski definition) is 0. The van der Waals surface area contributed by atoms with Crippen molar-refractivity contribution in [1.29, 1.82) is 0 Å². The van der Waals surface area contributed by atoms with Crippen LogP contribution >= 0.6 is 7.82 Å². The van der Waals surface area contributed by atoms with Gasteiger partial charge >= 0.3 is 5.97 Å². The molecule has 6 nitrogen and oxygen atoms in total. The van der Waals surface area contributed by atoms with Gasteiger partial charge in [-0.1, -0.05) is 90.4 Å². The van der Waals surface area contributed by atoms with Crippen LogP contribution in [0.15, 0.2) is 0 Å². The van der Waals surface area contributed by atoms with E-state index in [-0.39, 0.29) is 18.7 Å². The van der Waals surface area contributed by atoms with Crippen LogP contribution in [0.1, 0.15) is 123 Å². The van der Waals surface area contributed by atoms with Crippen molar-refractivity contribution in [3.8, 4) is 0 Å². The number of ether oxygens (including phenoxy) is 1. The largest absolute Gasteiger partial charge is 0.790 e. The number of carbonyl (C=O) groups is 1. The van der Waals surface area contributed by atoms with Crippen LogP contribution in [0.5, 0.6) is 0 Å². The average Bonchev–Trinajstić information content (AvgIpc) is 3.07. The second-order valence-electron chi connectivity index (χ2n) is 7.90. The second-order valence-corrected chi connectivity index (χ2v) is 9.05. The molecule has 0 saturated carbocycles. The minimum absolute atomic E-state index is 0.00960. The van der Waals surface area contributed by atoms with Crippen LogP contribution in [0.3, 0.4) is 0 Å². The molecule has 0 radical (unpaired) electrons. The highest BCUT2D eigenvalue weighted by atomic mass is 31.2. The van der Waals surface area contributed by atoms with E-state index < -0.39 is 7.82 Å². The first-order valence-electron chi connectivity index (χ1n) is 11.7. The number of phosphoric acid groups is 1. The monoisotopic (exact) mass is 434 g/mol. The van der Waals surface area contributed by atoms with Crippen LogP contribution in [0.2, 0.25) is 0 Å². The Hall–Kier alpha value is -0.420. The number of hydrogen-bond acceptors (Lipinski definition) is 6. The lowest BCUT2D eigenvalue weighted by Crippen LogP contribution is -2.15. The van der Waals surface area contributed by atoms with Crippen molar-refractivity contribution in [1.82, 2.24) is 0 Å². The Morgan fingerprint density at radius 3 is 1.62 bits per heavy atom. The van der Waals surface area contributed by atoms with Gasteiger partial charge in [0.1, 0.15) is 6.10 Å². The minimum atomic E-state index is -4.67. The van der Waals surface area contributed by atoms with Crippen LogP contribution in [0.4, 0.5) is 0 Å². The summed E-state index contributed by atoms with van der Waals surface area (Å²) in [5.74, 6) is 0.00960. The zero-order valence-electron chi connectivity index (χ0n) is 18.7. The third-order valence-electron chi connectivity index (χ3n) is 5.14. The van der Waals surface area contributed by atoms with Gasteiger partial charge in [-0.25, -0.2) is 0 Å². The first kappa shape index (κ1) is 28.6. The highest BCUT2D eigenvalue weighted by Gasteiger charge is 2.22. The van der Waals surface area contributed by atoms with Gasteiger partial charge in [0.15, 0.2) is 0 Å². The van der Waals surface area contributed by atoms with E-state index in [2.05, 4.69) is 11.4 Å². The molecule has 1 heterocycles. The van der Waals surface area contributed by atoms with Gasteiger partial charge in [0.2, 0.25) is 0 Å². The third-order valence-corrected chi connectivity index (χ3v) is 5.71. The lowest BCUT2D eigenvalue weighted by Gasteiger charge is -2.27. The minimum Gasteiger partial charge on any atom is -0.790 e. The van der Waals surface area contributed by atoms with Crippen molar-refractivity contribution >= 4 is 13.8 Å². The Labute approximate surface area is 178 Å². The van der Waals surface area contributed by atoms with E-state index in [0.29, 0.717) is 6.42 Å². The Morgan fingerprint density at radius 1 is 0.862 bits per heavy atom. The van der Waals surface area contributed by atoms with Gasteiger partial charge in [0.05, 0.1) is 7.82 Å². The lowest BCUT2D eigenvalue weighted by molar-refractivity contribution is -0.341. The normalized spacial score (nSPS) is 16.4. The fraction of sp³-hybridized carbons (Fsp3) is 0.955. The third kappa shape index (κ3) is 22.1. The molecular weight excluding hydrogens is 391 g/mol. The van der Waals surface area contributed by atoms with Crippen LogP contribution in [-0.2, 0) is 18.6 Å². The summed E-state index contributed by atoms with van der Waals surface area (Å²) in [6, 6.07) is 0. The maximum Gasteiger partial charge on any atom is 0.306 e. The summed E-state index contributed by atoms with van der Waals surface area (Å²) in [6.07, 6.45) is 22.5. The molecule has 0 aliphatic carbocycles. The van der Waals surface area contributed by atoms with Crippen molar-refractivity contribution in [2.24, 2.45) is 0 Å². The number of unbranched alkanes of at least 4 members (excludes halogenated alkanes) is 13. The quantitative estimate of drug-likeness (QED) is 0.172. The topological polar surface area (TPSA) is 98.7 Å². The predicted molar refractivity (Wildman–Crippen MR) is 113 cm³/mol. The first-order chi connectivity index (χ1) is 13.9. The summed E-state index contributed by atoms with van der Waals surface area (Å²) in [7, 11) is -4.67.